The third-order valence-electron chi connectivity index (χ3n) is 3.46. The molecule has 0 atom stereocenters. The first kappa shape index (κ1) is 16.5. The summed E-state index contributed by atoms with van der Waals surface area (Å²) in [6.45, 7) is 5.60. The Morgan fingerprint density at radius 1 is 0.913 bits per heavy atom. The van der Waals surface area contributed by atoms with E-state index in [4.69, 9.17) is 10.5 Å². The van der Waals surface area contributed by atoms with E-state index in [0.717, 1.165) is 16.7 Å². The lowest BCUT2D eigenvalue weighted by molar-refractivity contribution is 0.601. The summed E-state index contributed by atoms with van der Waals surface area (Å²) in [5.41, 5.74) is 3.40. The number of hydrogen-bond acceptors (Lipinski definition) is 4. The van der Waals surface area contributed by atoms with Crippen molar-refractivity contribution in [3.8, 4) is 12.1 Å². The minimum absolute atomic E-state index is 0.0349. The van der Waals surface area contributed by atoms with Gasteiger partial charge in [0.15, 0.2) is 0 Å². The number of nitriles is 2. The Labute approximate surface area is 135 Å². The summed E-state index contributed by atoms with van der Waals surface area (Å²) in [6.07, 6.45) is 0. The molecule has 6 heteroatoms. The molecule has 0 saturated carbocycles. The molecular weight excluding hydrogens is 310 g/mol. The van der Waals surface area contributed by atoms with E-state index in [1.165, 1.54) is 18.2 Å². The van der Waals surface area contributed by atoms with Crippen LogP contribution in [-0.2, 0) is 10.0 Å². The number of anilines is 1. The standard InChI is InChI=1S/C17H15N3O2S/c1-11-6-12(2)17(13(3)7-11)20-23(21,22)16-5-4-14(9-18)15(8-16)10-19/h4-8,20H,1-3H3. The van der Waals surface area contributed by atoms with Crippen molar-refractivity contribution in [2.24, 2.45) is 0 Å². The average molecular weight is 325 g/mol. The van der Waals surface area contributed by atoms with Crippen LogP contribution in [0.3, 0.4) is 0 Å². The number of nitrogens with zero attached hydrogens (tertiary/aromatic N) is 2. The van der Waals surface area contributed by atoms with Crippen molar-refractivity contribution in [2.75, 3.05) is 4.72 Å². The quantitative estimate of drug-likeness (QED) is 0.938. The Hall–Kier alpha value is -2.83. The van der Waals surface area contributed by atoms with E-state index in [0.29, 0.717) is 5.69 Å². The maximum absolute atomic E-state index is 12.6. The summed E-state index contributed by atoms with van der Waals surface area (Å²) in [5.74, 6) is 0. The molecule has 1 N–H and O–H groups in total. The average Bonchev–Trinajstić information content (AvgIpc) is 2.50. The molecule has 0 amide bonds. The van der Waals surface area contributed by atoms with Crippen molar-refractivity contribution in [3.63, 3.8) is 0 Å². The third kappa shape index (κ3) is 3.33. The zero-order valence-corrected chi connectivity index (χ0v) is 13.8. The summed E-state index contributed by atoms with van der Waals surface area (Å²) in [7, 11) is -3.84. The van der Waals surface area contributed by atoms with E-state index in [1.807, 2.05) is 45.0 Å². The predicted molar refractivity (Wildman–Crippen MR) is 87.3 cm³/mol. The van der Waals surface area contributed by atoms with Crippen LogP contribution in [0.5, 0.6) is 0 Å². The Morgan fingerprint density at radius 2 is 1.48 bits per heavy atom. The fourth-order valence-electron chi connectivity index (χ4n) is 2.41. The van der Waals surface area contributed by atoms with Crippen LogP contribution in [0, 0.1) is 43.4 Å². The second-order valence-corrected chi connectivity index (χ2v) is 6.99. The number of benzene rings is 2. The van der Waals surface area contributed by atoms with Crippen molar-refractivity contribution in [1.82, 2.24) is 0 Å². The predicted octanol–water partition coefficient (Wildman–Crippen LogP) is 3.16. The summed E-state index contributed by atoms with van der Waals surface area (Å²) in [4.78, 5) is -0.0487. The van der Waals surface area contributed by atoms with Gasteiger partial charge in [-0.25, -0.2) is 8.42 Å². The number of rotatable bonds is 3. The molecule has 0 aliphatic carbocycles. The minimum Gasteiger partial charge on any atom is -0.279 e. The van der Waals surface area contributed by atoms with E-state index in [-0.39, 0.29) is 16.0 Å². The maximum Gasteiger partial charge on any atom is 0.261 e. The molecule has 0 aliphatic rings. The van der Waals surface area contributed by atoms with Crippen molar-refractivity contribution < 1.29 is 8.42 Å². The molecule has 2 rings (SSSR count). The smallest absolute Gasteiger partial charge is 0.261 e. The van der Waals surface area contributed by atoms with Crippen molar-refractivity contribution in [2.45, 2.75) is 25.7 Å². The van der Waals surface area contributed by atoms with Gasteiger partial charge < -0.3 is 0 Å². The Bertz CT molecular complexity index is 941. The van der Waals surface area contributed by atoms with Gasteiger partial charge in [-0.3, -0.25) is 4.72 Å². The first-order chi connectivity index (χ1) is 10.8. The van der Waals surface area contributed by atoms with Gasteiger partial charge in [-0.05, 0) is 50.1 Å². The lowest BCUT2D eigenvalue weighted by atomic mass is 10.1. The molecule has 0 spiro atoms. The topological polar surface area (TPSA) is 93.8 Å². The van der Waals surface area contributed by atoms with Gasteiger partial charge in [0.05, 0.1) is 21.7 Å². The van der Waals surface area contributed by atoms with Crippen LogP contribution in [0.25, 0.3) is 0 Å². The van der Waals surface area contributed by atoms with Crippen LogP contribution in [0.1, 0.15) is 27.8 Å². The monoisotopic (exact) mass is 325 g/mol. The van der Waals surface area contributed by atoms with Gasteiger partial charge in [0.2, 0.25) is 0 Å². The molecule has 0 aliphatic heterocycles. The maximum atomic E-state index is 12.6. The van der Waals surface area contributed by atoms with E-state index in [2.05, 4.69) is 4.72 Å². The normalized spacial score (nSPS) is 10.7. The van der Waals surface area contributed by atoms with Crippen LogP contribution < -0.4 is 4.72 Å². The van der Waals surface area contributed by atoms with Gasteiger partial charge in [-0.15, -0.1) is 0 Å². The minimum atomic E-state index is -3.84. The molecule has 0 radical (unpaired) electrons. The molecule has 23 heavy (non-hydrogen) atoms. The highest BCUT2D eigenvalue weighted by molar-refractivity contribution is 7.92. The van der Waals surface area contributed by atoms with Crippen molar-refractivity contribution in [3.05, 3.63) is 58.1 Å². The van der Waals surface area contributed by atoms with E-state index >= 15 is 0 Å². The van der Waals surface area contributed by atoms with E-state index in [1.54, 1.807) is 0 Å². The molecular formula is C17H15N3O2S. The van der Waals surface area contributed by atoms with Crippen LogP contribution in [0.4, 0.5) is 5.69 Å². The summed E-state index contributed by atoms with van der Waals surface area (Å²) < 4.78 is 27.7. The SMILES string of the molecule is Cc1cc(C)c(NS(=O)(=O)c2ccc(C#N)c(C#N)c2)c(C)c1. The largest absolute Gasteiger partial charge is 0.279 e. The first-order valence-corrected chi connectivity index (χ1v) is 8.31. The van der Waals surface area contributed by atoms with E-state index < -0.39 is 10.0 Å². The van der Waals surface area contributed by atoms with Gasteiger partial charge in [0, 0.05) is 0 Å². The second-order valence-electron chi connectivity index (χ2n) is 5.31. The summed E-state index contributed by atoms with van der Waals surface area (Å²) >= 11 is 0. The lowest BCUT2D eigenvalue weighted by Gasteiger charge is -2.14. The zero-order valence-electron chi connectivity index (χ0n) is 13.0. The van der Waals surface area contributed by atoms with Gasteiger partial charge >= 0.3 is 0 Å². The van der Waals surface area contributed by atoms with Gasteiger partial charge in [-0.2, -0.15) is 10.5 Å². The Kier molecular flexibility index (Phi) is 4.40. The Morgan fingerprint density at radius 3 is 2.00 bits per heavy atom. The molecule has 0 aromatic heterocycles. The highest BCUT2D eigenvalue weighted by Crippen LogP contribution is 2.25. The highest BCUT2D eigenvalue weighted by Gasteiger charge is 2.18. The van der Waals surface area contributed by atoms with Crippen LogP contribution in [-0.4, -0.2) is 8.42 Å². The molecule has 2 aromatic carbocycles. The number of sulfonamides is 1. The fourth-order valence-corrected chi connectivity index (χ4v) is 3.64. The zero-order chi connectivity index (χ0) is 17.2. The molecule has 0 saturated heterocycles. The molecule has 0 bridgehead atoms. The van der Waals surface area contributed by atoms with Crippen molar-refractivity contribution >= 4 is 15.7 Å². The number of hydrogen-bond donors (Lipinski definition) is 1. The van der Waals surface area contributed by atoms with Crippen LogP contribution in [0.15, 0.2) is 35.2 Å². The lowest BCUT2D eigenvalue weighted by Crippen LogP contribution is -2.15. The molecule has 0 fully saturated rings. The van der Waals surface area contributed by atoms with Gasteiger partial charge in [0.1, 0.15) is 12.1 Å². The highest BCUT2D eigenvalue weighted by atomic mass is 32.2. The first-order valence-electron chi connectivity index (χ1n) is 6.83. The van der Waals surface area contributed by atoms with Crippen LogP contribution >= 0.6 is 0 Å². The molecule has 2 aromatic rings. The summed E-state index contributed by atoms with van der Waals surface area (Å²) in [5, 5.41) is 17.9. The molecule has 0 heterocycles. The second kappa shape index (κ2) is 6.12. The van der Waals surface area contributed by atoms with Gasteiger partial charge in [-0.1, -0.05) is 17.7 Å². The Balaban J connectivity index is 2.49. The third-order valence-corrected chi connectivity index (χ3v) is 4.80. The summed E-state index contributed by atoms with van der Waals surface area (Å²) in [6, 6.07) is 11.3. The molecule has 116 valence electrons. The fraction of sp³-hybridized carbons (Fsp3) is 0.176. The van der Waals surface area contributed by atoms with Gasteiger partial charge in [0.25, 0.3) is 10.0 Å². The van der Waals surface area contributed by atoms with Crippen molar-refractivity contribution in [1.29, 1.82) is 10.5 Å². The van der Waals surface area contributed by atoms with Crippen LogP contribution in [0.2, 0.25) is 0 Å². The number of nitrogens with one attached hydrogen (secondary N) is 1. The molecule has 0 unspecified atom stereocenters. The van der Waals surface area contributed by atoms with E-state index in [9.17, 15) is 8.42 Å². The number of aryl methyl sites for hydroxylation is 3. The molecule has 5 nitrogen and oxygen atoms in total.